The molecule has 0 saturated carbocycles. The molecule has 0 aromatic carbocycles. The molecule has 0 radical (unpaired) electrons. The zero-order valence-corrected chi connectivity index (χ0v) is 12.4. The SMILES string of the molecule is CNc1nc(Sc2nc(C)cs2)nc(-n2cccn2)n1. The van der Waals surface area contributed by atoms with Crippen LogP contribution in [0.2, 0.25) is 0 Å². The van der Waals surface area contributed by atoms with Crippen molar-refractivity contribution in [2.24, 2.45) is 0 Å². The number of aryl methyl sites for hydroxylation is 1. The Bertz CT molecular complexity index is 707. The highest BCUT2D eigenvalue weighted by Crippen LogP contribution is 2.28. The Morgan fingerprint density at radius 2 is 2.15 bits per heavy atom. The normalized spacial score (nSPS) is 10.7. The third kappa shape index (κ3) is 2.78. The van der Waals surface area contributed by atoms with Crippen molar-refractivity contribution in [1.29, 1.82) is 0 Å². The molecule has 0 amide bonds. The van der Waals surface area contributed by atoms with E-state index in [0.717, 1.165) is 10.0 Å². The number of rotatable bonds is 4. The summed E-state index contributed by atoms with van der Waals surface area (Å²) in [5.41, 5.74) is 0.993. The van der Waals surface area contributed by atoms with Crippen molar-refractivity contribution in [1.82, 2.24) is 29.7 Å². The Labute approximate surface area is 123 Å². The van der Waals surface area contributed by atoms with Gasteiger partial charge in [0.1, 0.15) is 0 Å². The van der Waals surface area contributed by atoms with Crippen LogP contribution in [0.15, 0.2) is 33.3 Å². The molecule has 0 atom stereocenters. The number of thiazole rings is 1. The third-order valence-corrected chi connectivity index (χ3v) is 4.23. The summed E-state index contributed by atoms with van der Waals surface area (Å²) in [5, 5.41) is 9.64. The Morgan fingerprint density at radius 3 is 2.80 bits per heavy atom. The first kappa shape index (κ1) is 13.0. The molecule has 0 bridgehead atoms. The maximum absolute atomic E-state index is 4.40. The minimum atomic E-state index is 0.477. The van der Waals surface area contributed by atoms with E-state index in [1.165, 1.54) is 11.8 Å². The minimum Gasteiger partial charge on any atom is -0.357 e. The van der Waals surface area contributed by atoms with Gasteiger partial charge in [-0.25, -0.2) is 9.67 Å². The quantitative estimate of drug-likeness (QED) is 0.789. The van der Waals surface area contributed by atoms with Gasteiger partial charge in [0, 0.05) is 30.5 Å². The van der Waals surface area contributed by atoms with Crippen molar-refractivity contribution >= 4 is 29.0 Å². The predicted octanol–water partition coefficient (Wildman–Crippen LogP) is 2.02. The highest BCUT2D eigenvalue weighted by atomic mass is 32.2. The van der Waals surface area contributed by atoms with Gasteiger partial charge in [-0.15, -0.1) is 11.3 Å². The van der Waals surface area contributed by atoms with Gasteiger partial charge in [0.2, 0.25) is 11.1 Å². The fourth-order valence-electron chi connectivity index (χ4n) is 1.45. The lowest BCUT2D eigenvalue weighted by atomic mass is 10.6. The van der Waals surface area contributed by atoms with Gasteiger partial charge in [-0.2, -0.15) is 20.1 Å². The summed E-state index contributed by atoms with van der Waals surface area (Å²) in [6.45, 7) is 1.96. The van der Waals surface area contributed by atoms with Gasteiger partial charge in [0.25, 0.3) is 5.95 Å². The number of anilines is 1. The maximum atomic E-state index is 4.40. The molecule has 0 aliphatic rings. The molecule has 0 saturated heterocycles. The van der Waals surface area contributed by atoms with Crippen molar-refractivity contribution in [2.45, 2.75) is 16.4 Å². The summed E-state index contributed by atoms with van der Waals surface area (Å²) in [6.07, 6.45) is 3.47. The average molecular weight is 305 g/mol. The fourth-order valence-corrected chi connectivity index (χ4v) is 3.14. The van der Waals surface area contributed by atoms with Gasteiger partial charge in [-0.1, -0.05) is 0 Å². The van der Waals surface area contributed by atoms with Crippen LogP contribution in [-0.2, 0) is 0 Å². The molecule has 7 nitrogen and oxygen atoms in total. The molecule has 0 fully saturated rings. The summed E-state index contributed by atoms with van der Waals surface area (Å²) in [5.74, 6) is 0.978. The first-order chi connectivity index (χ1) is 9.74. The summed E-state index contributed by atoms with van der Waals surface area (Å²) >= 11 is 2.98. The van der Waals surface area contributed by atoms with Gasteiger partial charge in [-0.3, -0.25) is 0 Å². The highest BCUT2D eigenvalue weighted by molar-refractivity contribution is 8.00. The zero-order valence-electron chi connectivity index (χ0n) is 10.8. The third-order valence-electron chi connectivity index (χ3n) is 2.31. The lowest BCUT2D eigenvalue weighted by molar-refractivity contribution is 0.762. The van der Waals surface area contributed by atoms with Crippen molar-refractivity contribution in [3.05, 3.63) is 29.5 Å². The van der Waals surface area contributed by atoms with Crippen molar-refractivity contribution in [2.75, 3.05) is 12.4 Å². The average Bonchev–Trinajstić information content (AvgIpc) is 3.10. The van der Waals surface area contributed by atoms with Crippen molar-refractivity contribution < 1.29 is 0 Å². The van der Waals surface area contributed by atoms with Crippen LogP contribution in [0.25, 0.3) is 5.95 Å². The van der Waals surface area contributed by atoms with Gasteiger partial charge in [-0.05, 0) is 24.8 Å². The van der Waals surface area contributed by atoms with E-state index in [2.05, 4.69) is 30.4 Å². The van der Waals surface area contributed by atoms with Gasteiger partial charge in [0.15, 0.2) is 4.34 Å². The molecule has 0 aliphatic carbocycles. The monoisotopic (exact) mass is 305 g/mol. The van der Waals surface area contributed by atoms with E-state index in [9.17, 15) is 0 Å². The van der Waals surface area contributed by atoms with E-state index < -0.39 is 0 Å². The summed E-state index contributed by atoms with van der Waals surface area (Å²) in [6, 6.07) is 1.82. The summed E-state index contributed by atoms with van der Waals surface area (Å²) < 4.78 is 2.50. The number of hydrogen-bond donors (Lipinski definition) is 1. The van der Waals surface area contributed by atoms with Crippen LogP contribution in [0, 0.1) is 6.92 Å². The minimum absolute atomic E-state index is 0.477. The van der Waals surface area contributed by atoms with Crippen LogP contribution in [0.4, 0.5) is 5.95 Å². The molecule has 3 heterocycles. The highest BCUT2D eigenvalue weighted by Gasteiger charge is 2.10. The first-order valence-electron chi connectivity index (χ1n) is 5.78. The lowest BCUT2D eigenvalue weighted by Crippen LogP contribution is -2.07. The zero-order chi connectivity index (χ0) is 13.9. The van der Waals surface area contributed by atoms with E-state index in [0.29, 0.717) is 17.1 Å². The fraction of sp³-hybridized carbons (Fsp3) is 0.182. The number of hydrogen-bond acceptors (Lipinski definition) is 8. The second kappa shape index (κ2) is 5.55. The van der Waals surface area contributed by atoms with Crippen molar-refractivity contribution in [3.8, 4) is 5.95 Å². The van der Waals surface area contributed by atoms with E-state index in [1.807, 2.05) is 18.4 Å². The molecule has 0 unspecified atom stereocenters. The molecular formula is C11H11N7S2. The largest absolute Gasteiger partial charge is 0.357 e. The van der Waals surface area contributed by atoms with Crippen LogP contribution >= 0.6 is 23.1 Å². The van der Waals surface area contributed by atoms with Crippen LogP contribution in [-0.4, -0.2) is 36.8 Å². The van der Waals surface area contributed by atoms with Gasteiger partial charge >= 0.3 is 0 Å². The van der Waals surface area contributed by atoms with Gasteiger partial charge < -0.3 is 5.32 Å². The van der Waals surface area contributed by atoms with Gasteiger partial charge in [0.05, 0.1) is 0 Å². The van der Waals surface area contributed by atoms with E-state index in [-0.39, 0.29) is 0 Å². The second-order valence-electron chi connectivity index (χ2n) is 3.80. The number of nitrogens with one attached hydrogen (secondary N) is 1. The van der Waals surface area contributed by atoms with E-state index >= 15 is 0 Å². The van der Waals surface area contributed by atoms with Crippen LogP contribution < -0.4 is 5.32 Å². The van der Waals surface area contributed by atoms with E-state index in [4.69, 9.17) is 0 Å². The second-order valence-corrected chi connectivity index (χ2v) is 5.87. The molecular weight excluding hydrogens is 294 g/mol. The summed E-state index contributed by atoms with van der Waals surface area (Å²) in [7, 11) is 1.77. The van der Waals surface area contributed by atoms with Crippen LogP contribution in [0.3, 0.4) is 0 Å². The van der Waals surface area contributed by atoms with E-state index in [1.54, 1.807) is 35.5 Å². The topological polar surface area (TPSA) is 81.4 Å². The number of aromatic nitrogens is 6. The van der Waals surface area contributed by atoms with Crippen molar-refractivity contribution in [3.63, 3.8) is 0 Å². The Balaban J connectivity index is 1.96. The summed E-state index contributed by atoms with van der Waals surface area (Å²) in [4.78, 5) is 17.4. The number of nitrogens with zero attached hydrogens (tertiary/aromatic N) is 6. The molecule has 3 aromatic heterocycles. The molecule has 0 aliphatic heterocycles. The lowest BCUT2D eigenvalue weighted by Gasteiger charge is -2.05. The Hall–Kier alpha value is -2.00. The Kier molecular flexibility index (Phi) is 3.61. The molecule has 102 valence electrons. The molecule has 0 spiro atoms. The smallest absolute Gasteiger partial charge is 0.256 e. The predicted molar refractivity (Wildman–Crippen MR) is 77.5 cm³/mol. The molecule has 3 rings (SSSR count). The molecule has 3 aromatic rings. The maximum Gasteiger partial charge on any atom is 0.256 e. The molecule has 20 heavy (non-hydrogen) atoms. The molecule has 1 N–H and O–H groups in total. The first-order valence-corrected chi connectivity index (χ1v) is 7.48. The Morgan fingerprint density at radius 1 is 1.25 bits per heavy atom. The molecule has 9 heteroatoms. The van der Waals surface area contributed by atoms with Crippen LogP contribution in [0.5, 0.6) is 0 Å². The van der Waals surface area contributed by atoms with Crippen LogP contribution in [0.1, 0.15) is 5.69 Å². The standard InChI is InChI=1S/C11H11N7S2/c1-7-6-19-11(14-7)20-10-16-8(12-2)15-9(17-10)18-5-3-4-13-18/h3-6H,1-2H3,(H,12,15,16,17).